The van der Waals surface area contributed by atoms with Crippen LogP contribution in [0.2, 0.25) is 0 Å². The Balaban J connectivity index is 1.46. The monoisotopic (exact) mass is 604 g/mol. The molecule has 226 valence electrons. The smallest absolute Gasteiger partial charge is 0.238 e. The van der Waals surface area contributed by atoms with Crippen LogP contribution in [0.1, 0.15) is 12.8 Å². The van der Waals surface area contributed by atoms with E-state index >= 15 is 0 Å². The number of nitrogens with zero attached hydrogens (tertiary/aromatic N) is 4. The van der Waals surface area contributed by atoms with E-state index in [-0.39, 0.29) is 29.8 Å². The van der Waals surface area contributed by atoms with Crippen molar-refractivity contribution in [2.75, 3.05) is 55.8 Å². The molecule has 43 heavy (non-hydrogen) atoms. The molecule has 4 aromatic rings. The van der Waals surface area contributed by atoms with Crippen molar-refractivity contribution in [2.24, 2.45) is 0 Å². The molecule has 2 heterocycles. The van der Waals surface area contributed by atoms with E-state index in [1.807, 2.05) is 13.1 Å². The molecule has 1 aliphatic heterocycles. The predicted octanol–water partition coefficient (Wildman–Crippen LogP) is 3.95. The van der Waals surface area contributed by atoms with E-state index in [1.165, 1.54) is 0 Å². The number of benzene rings is 3. The van der Waals surface area contributed by atoms with Gasteiger partial charge in [-0.15, -0.1) is 0 Å². The highest BCUT2D eigenvalue weighted by atomic mass is 32.2. The Morgan fingerprint density at radius 3 is 2.28 bits per heavy atom. The summed E-state index contributed by atoms with van der Waals surface area (Å²) in [4.78, 5) is 24.4. The number of hydrogen-bond acceptors (Lipinski definition) is 10. The number of amides is 1. The predicted molar refractivity (Wildman–Crippen MR) is 167 cm³/mol. The molecule has 1 aliphatic rings. The van der Waals surface area contributed by atoms with Gasteiger partial charge in [-0.1, -0.05) is 18.2 Å². The molecule has 1 atom stereocenters. The average Bonchev–Trinajstić information content (AvgIpc) is 3.01. The van der Waals surface area contributed by atoms with Crippen molar-refractivity contribution in [3.63, 3.8) is 0 Å². The van der Waals surface area contributed by atoms with Gasteiger partial charge in [0.15, 0.2) is 11.6 Å². The van der Waals surface area contributed by atoms with Crippen LogP contribution in [0, 0.1) is 0 Å². The third-order valence-corrected chi connectivity index (χ3v) is 7.92. The third kappa shape index (κ3) is 7.38. The van der Waals surface area contributed by atoms with Gasteiger partial charge in [0.25, 0.3) is 0 Å². The topological polar surface area (TPSA) is 144 Å². The van der Waals surface area contributed by atoms with Crippen molar-refractivity contribution < 1.29 is 23.0 Å². The number of anilines is 5. The Bertz CT molecular complexity index is 1590. The van der Waals surface area contributed by atoms with Gasteiger partial charge in [-0.2, -0.15) is 0 Å². The molecule has 1 fully saturated rings. The molecule has 1 aromatic heterocycles. The second-order valence-electron chi connectivity index (χ2n) is 10.1. The van der Waals surface area contributed by atoms with Gasteiger partial charge in [-0.05, 0) is 50.2 Å². The minimum Gasteiger partial charge on any atom is -0.755 e. The maximum absolute atomic E-state index is 12.9. The molecule has 0 bridgehead atoms. The average molecular weight is 605 g/mol. The van der Waals surface area contributed by atoms with Crippen molar-refractivity contribution >= 4 is 56.9 Å². The minimum absolute atomic E-state index is 0.0460. The lowest BCUT2D eigenvalue weighted by molar-refractivity contribution is -0.117. The summed E-state index contributed by atoms with van der Waals surface area (Å²) in [6, 6.07) is 19.5. The Hall–Kier alpha value is -4.30. The van der Waals surface area contributed by atoms with Crippen molar-refractivity contribution in [3.05, 3.63) is 66.7 Å². The molecule has 0 radical (unpaired) electrons. The maximum Gasteiger partial charge on any atom is 0.238 e. The van der Waals surface area contributed by atoms with Gasteiger partial charge in [-0.3, -0.25) is 18.2 Å². The number of fused-ring (bicyclic) bond motifs is 1. The highest BCUT2D eigenvalue weighted by Gasteiger charge is 2.22. The number of methoxy groups -OCH3 is 2. The zero-order valence-corrected chi connectivity index (χ0v) is 25.0. The highest BCUT2D eigenvalue weighted by molar-refractivity contribution is 7.81. The van der Waals surface area contributed by atoms with E-state index in [2.05, 4.69) is 25.8 Å². The SMILES string of the molecule is CNC1CCN(CC(=O)Nc2cccc(N(c3nc4ccccc4nc3Nc3cc(OC)cc(OC)c3)S(=O)[O-])c2)CC1. The molecule has 12 nitrogen and oxygen atoms in total. The van der Waals surface area contributed by atoms with Crippen LogP contribution in [0.3, 0.4) is 0 Å². The Morgan fingerprint density at radius 2 is 1.65 bits per heavy atom. The first-order chi connectivity index (χ1) is 20.9. The molecule has 0 aliphatic carbocycles. The number of para-hydroxylation sites is 2. The molecule has 3 N–H and O–H groups in total. The van der Waals surface area contributed by atoms with Crippen LogP contribution < -0.4 is 29.7 Å². The Morgan fingerprint density at radius 1 is 0.977 bits per heavy atom. The van der Waals surface area contributed by atoms with E-state index in [0.717, 1.165) is 30.2 Å². The van der Waals surface area contributed by atoms with Gasteiger partial charge in [0, 0.05) is 48.7 Å². The van der Waals surface area contributed by atoms with Crippen LogP contribution in [0.15, 0.2) is 66.7 Å². The second kappa shape index (κ2) is 13.8. The highest BCUT2D eigenvalue weighted by Crippen LogP contribution is 2.36. The second-order valence-corrected chi connectivity index (χ2v) is 10.9. The number of likely N-dealkylation sites (tertiary alicyclic amines) is 1. The number of rotatable bonds is 11. The van der Waals surface area contributed by atoms with Crippen molar-refractivity contribution in [2.45, 2.75) is 18.9 Å². The molecule has 0 spiro atoms. The molecule has 1 amide bonds. The number of hydrogen-bond donors (Lipinski definition) is 3. The van der Waals surface area contributed by atoms with E-state index in [9.17, 15) is 13.6 Å². The van der Waals surface area contributed by atoms with Crippen LogP contribution in [0.25, 0.3) is 11.0 Å². The van der Waals surface area contributed by atoms with E-state index in [0.29, 0.717) is 39.9 Å². The van der Waals surface area contributed by atoms with Gasteiger partial charge in [0.1, 0.15) is 11.5 Å². The summed E-state index contributed by atoms with van der Waals surface area (Å²) < 4.78 is 37.4. The molecule has 1 saturated heterocycles. The lowest BCUT2D eigenvalue weighted by Gasteiger charge is -2.31. The third-order valence-electron chi connectivity index (χ3n) is 7.24. The number of carbonyl (C=O) groups is 1. The lowest BCUT2D eigenvalue weighted by Crippen LogP contribution is -2.44. The maximum atomic E-state index is 12.9. The van der Waals surface area contributed by atoms with Gasteiger partial charge < -0.3 is 30.0 Å². The van der Waals surface area contributed by atoms with Crippen LogP contribution >= 0.6 is 0 Å². The van der Waals surface area contributed by atoms with Crippen molar-refractivity contribution in [3.8, 4) is 11.5 Å². The van der Waals surface area contributed by atoms with E-state index in [1.54, 1.807) is 74.9 Å². The van der Waals surface area contributed by atoms with Crippen molar-refractivity contribution in [1.82, 2.24) is 20.2 Å². The summed E-state index contributed by atoms with van der Waals surface area (Å²) in [5, 5.41) is 9.38. The number of nitrogens with one attached hydrogen (secondary N) is 3. The number of ether oxygens (including phenoxy) is 2. The summed E-state index contributed by atoms with van der Waals surface area (Å²) in [5.41, 5.74) is 2.37. The first-order valence-corrected chi connectivity index (χ1v) is 14.9. The van der Waals surface area contributed by atoms with Crippen LogP contribution in [0.5, 0.6) is 11.5 Å². The Kier molecular flexibility index (Phi) is 9.67. The lowest BCUT2D eigenvalue weighted by atomic mass is 10.1. The van der Waals surface area contributed by atoms with Gasteiger partial charge in [-0.25, -0.2) is 9.97 Å². The fraction of sp³-hybridized carbons (Fsp3) is 0.300. The summed E-state index contributed by atoms with van der Waals surface area (Å²) in [6.07, 6.45) is 1.96. The first kappa shape index (κ1) is 30.2. The zero-order chi connectivity index (χ0) is 30.3. The standard InChI is InChI=1S/C30H35N7O5S/c1-31-20-11-13-36(14-12-20)19-28(38)32-21-7-6-8-23(15-21)37(43(39)40)30-29(34-26-9-4-5-10-27(26)35-30)33-22-16-24(41-2)18-25(17-22)42-3/h4-10,15-18,20,31H,11-14,19H2,1-3H3,(H,32,38)(H,33,34)(H,39,40)/p-1. The molecule has 1 unspecified atom stereocenters. The summed E-state index contributed by atoms with van der Waals surface area (Å²) >= 11 is -2.79. The van der Waals surface area contributed by atoms with E-state index < -0.39 is 11.3 Å². The molecule has 0 saturated carbocycles. The fourth-order valence-electron chi connectivity index (χ4n) is 5.00. The molecular formula is C30H34N7O5S-. The quantitative estimate of drug-likeness (QED) is 0.215. The summed E-state index contributed by atoms with van der Waals surface area (Å²) in [6.45, 7) is 1.92. The number of aromatic nitrogens is 2. The summed E-state index contributed by atoms with van der Waals surface area (Å²) in [7, 11) is 5.04. The normalized spacial score (nSPS) is 14.7. The Labute approximate surface area is 252 Å². The van der Waals surface area contributed by atoms with Crippen LogP contribution in [-0.4, -0.2) is 76.5 Å². The number of piperidine rings is 1. The largest absolute Gasteiger partial charge is 0.755 e. The van der Waals surface area contributed by atoms with Gasteiger partial charge >= 0.3 is 0 Å². The van der Waals surface area contributed by atoms with Gasteiger partial charge in [0.2, 0.25) is 5.91 Å². The molecule has 13 heteroatoms. The van der Waals surface area contributed by atoms with Crippen LogP contribution in [-0.2, 0) is 16.1 Å². The fourth-order valence-corrected chi connectivity index (χ4v) is 5.56. The van der Waals surface area contributed by atoms with E-state index in [4.69, 9.17) is 14.5 Å². The molecule has 5 rings (SSSR count). The molecule has 3 aromatic carbocycles. The first-order valence-electron chi connectivity index (χ1n) is 13.8. The summed E-state index contributed by atoms with van der Waals surface area (Å²) in [5.74, 6) is 1.14. The van der Waals surface area contributed by atoms with Crippen LogP contribution in [0.4, 0.5) is 28.7 Å². The van der Waals surface area contributed by atoms with Gasteiger partial charge in [0.05, 0.1) is 48.8 Å². The number of carbonyl (C=O) groups excluding carboxylic acids is 1. The van der Waals surface area contributed by atoms with Crippen molar-refractivity contribution in [1.29, 1.82) is 0 Å². The molecular weight excluding hydrogens is 570 g/mol. The minimum atomic E-state index is -2.79. The zero-order valence-electron chi connectivity index (χ0n) is 24.2.